The molecule has 0 aromatic carbocycles. The van der Waals surface area contributed by atoms with Crippen molar-refractivity contribution in [3.8, 4) is 47.4 Å². The Balaban J connectivity index is 1.68. The van der Waals surface area contributed by atoms with Gasteiger partial charge in [0.1, 0.15) is 25.4 Å². The van der Waals surface area contributed by atoms with Gasteiger partial charge in [0.15, 0.2) is 6.10 Å². The van der Waals surface area contributed by atoms with Gasteiger partial charge in [-0.25, -0.2) is 0 Å². The molecule has 2 saturated heterocycles. The van der Waals surface area contributed by atoms with Gasteiger partial charge in [-0.15, -0.1) is 13.2 Å². The third-order valence-corrected chi connectivity index (χ3v) is 11.5. The fraction of sp³-hybridized carbons (Fsp3) is 0.732. The van der Waals surface area contributed by atoms with E-state index >= 15 is 0 Å². The number of hydrogen-bond donors (Lipinski definition) is 0. The van der Waals surface area contributed by atoms with Crippen molar-refractivity contribution in [2.24, 2.45) is 0 Å². The maximum atomic E-state index is 12.7. The second-order valence-corrected chi connectivity index (χ2v) is 17.4. The molecule has 0 aromatic heterocycles. The van der Waals surface area contributed by atoms with Crippen molar-refractivity contribution in [3.63, 3.8) is 0 Å². The highest BCUT2D eigenvalue weighted by atomic mass is 16.6. The van der Waals surface area contributed by atoms with Gasteiger partial charge in [0.05, 0.1) is 25.0 Å². The highest BCUT2D eigenvalue weighted by Gasteiger charge is 2.37. The minimum absolute atomic E-state index is 0.0289. The molecule has 2 rings (SSSR count). The van der Waals surface area contributed by atoms with E-state index in [9.17, 15) is 14.4 Å². The van der Waals surface area contributed by atoms with Gasteiger partial charge in [-0.1, -0.05) is 178 Å². The number of hydrogen-bond acceptors (Lipinski definition) is 8. The van der Waals surface area contributed by atoms with E-state index < -0.39 is 18.0 Å². The second kappa shape index (κ2) is 40.6. The summed E-state index contributed by atoms with van der Waals surface area (Å²) in [7, 11) is 0. The van der Waals surface area contributed by atoms with Crippen LogP contribution >= 0.6 is 0 Å². The molecule has 5 atom stereocenters. The number of unbranched alkanes of at least 4 members (excludes halogenated alkanes) is 23. The summed E-state index contributed by atoms with van der Waals surface area (Å²) >= 11 is 0. The number of allylic oxidation sites excluding steroid dienone is 2. The third kappa shape index (κ3) is 34.5. The predicted octanol–water partition coefficient (Wildman–Crippen LogP) is 12.8. The largest absolute Gasteiger partial charge is 0.462 e. The summed E-state index contributed by atoms with van der Waals surface area (Å²) in [6.45, 7) is 9.37. The van der Waals surface area contributed by atoms with Gasteiger partial charge in [-0.2, -0.15) is 0 Å². The van der Waals surface area contributed by atoms with E-state index in [0.717, 1.165) is 57.8 Å². The smallest absolute Gasteiger partial charge is 0.307 e. The molecule has 2 heterocycles. The van der Waals surface area contributed by atoms with E-state index in [1.165, 1.54) is 122 Å². The average Bonchev–Trinajstić information content (AvgIpc) is 4.23. The molecule has 64 heavy (non-hydrogen) atoms. The first-order valence-electron chi connectivity index (χ1n) is 25.5. The zero-order valence-corrected chi connectivity index (χ0v) is 40.0. The molecule has 8 nitrogen and oxygen atoms in total. The molecule has 0 aliphatic carbocycles. The summed E-state index contributed by atoms with van der Waals surface area (Å²) in [4.78, 5) is 37.9. The van der Waals surface area contributed by atoms with Crippen molar-refractivity contribution >= 4 is 17.9 Å². The predicted molar refractivity (Wildman–Crippen MR) is 259 cm³/mol. The number of epoxide rings is 2. The summed E-state index contributed by atoms with van der Waals surface area (Å²) in [5.74, 6) is 21.8. The maximum absolute atomic E-state index is 12.7. The number of carbonyl (C=O) groups is 3. The van der Waals surface area contributed by atoms with Crippen LogP contribution in [0.15, 0.2) is 25.3 Å². The van der Waals surface area contributed by atoms with Crippen molar-refractivity contribution < 1.29 is 38.1 Å². The first-order valence-corrected chi connectivity index (χ1v) is 25.5. The monoisotopic (exact) mass is 885 g/mol. The van der Waals surface area contributed by atoms with Gasteiger partial charge in [0.25, 0.3) is 0 Å². The summed E-state index contributed by atoms with van der Waals surface area (Å²) in [5.41, 5.74) is 0. The van der Waals surface area contributed by atoms with E-state index in [-0.39, 0.29) is 69.3 Å². The van der Waals surface area contributed by atoms with Crippen LogP contribution in [0.4, 0.5) is 0 Å². The summed E-state index contributed by atoms with van der Waals surface area (Å²) < 4.78 is 27.8. The first kappa shape index (κ1) is 56.2. The van der Waals surface area contributed by atoms with Crippen LogP contribution in [0.1, 0.15) is 219 Å². The lowest BCUT2D eigenvalue weighted by Gasteiger charge is -2.18. The lowest BCUT2D eigenvalue weighted by atomic mass is 10.0. The Hall–Kier alpha value is -3.95. The fourth-order valence-corrected chi connectivity index (χ4v) is 7.41. The zero-order chi connectivity index (χ0) is 46.0. The zero-order valence-electron chi connectivity index (χ0n) is 40.0. The lowest BCUT2D eigenvalue weighted by molar-refractivity contribution is -0.166. The van der Waals surface area contributed by atoms with Gasteiger partial charge in [0, 0.05) is 19.3 Å². The van der Waals surface area contributed by atoms with Crippen LogP contribution in [0.5, 0.6) is 0 Å². The molecule has 0 N–H and O–H groups in total. The Kier molecular flexibility index (Phi) is 35.6. The van der Waals surface area contributed by atoms with E-state index in [0.29, 0.717) is 6.42 Å². The van der Waals surface area contributed by atoms with Crippen molar-refractivity contribution in [2.45, 2.75) is 249 Å². The SMILES string of the molecule is C=CCCCCCCC[C@@H]1O[C@H]1C#CC#CCCC(=O)OCC(COC(=O)CCCCCCCCCCCCCCCC)OC(=O)CCC#CC#C[C@@H]1O[C@H]1CCCCCCCC=C. The van der Waals surface area contributed by atoms with Crippen LogP contribution < -0.4 is 0 Å². The standard InChI is InChI=1S/C56H84O8/c1-4-7-10-13-16-17-18-19-20-21-22-25-28-37-44-54(57)60-47-49(62-56(59)46-39-32-30-36-43-53-51(64-53)41-34-27-24-15-12-9-6-3)48-61-55(58)45-38-31-29-35-42-52-50(63-52)40-33-26-23-14-11-8-5-2/h5-6,49-53H,2-4,7-28,33-34,37-41,44-48H2,1H3/t49?,50-,51-,52-,53-/m0/s1. The molecule has 8 heteroatoms. The maximum Gasteiger partial charge on any atom is 0.307 e. The highest BCUT2D eigenvalue weighted by molar-refractivity contribution is 5.71. The number of esters is 3. The van der Waals surface area contributed by atoms with Crippen molar-refractivity contribution in [1.82, 2.24) is 0 Å². The van der Waals surface area contributed by atoms with E-state index in [1.54, 1.807) is 0 Å². The molecule has 356 valence electrons. The Labute approximate surface area is 389 Å². The average molecular weight is 885 g/mol. The molecule has 1 unspecified atom stereocenters. The van der Waals surface area contributed by atoms with Crippen LogP contribution in [-0.2, 0) is 38.1 Å². The summed E-state index contributed by atoms with van der Waals surface area (Å²) in [6.07, 6.45) is 37.9. The Morgan fingerprint density at radius 2 is 0.891 bits per heavy atom. The van der Waals surface area contributed by atoms with E-state index in [1.807, 2.05) is 12.2 Å². The molecule has 2 aliphatic rings. The normalized spacial score (nSPS) is 17.1. The molecule has 0 saturated carbocycles. The van der Waals surface area contributed by atoms with Crippen molar-refractivity contribution in [2.75, 3.05) is 13.2 Å². The Morgan fingerprint density at radius 1 is 0.500 bits per heavy atom. The fourth-order valence-electron chi connectivity index (χ4n) is 7.41. The molecular formula is C56H84O8. The van der Waals surface area contributed by atoms with Gasteiger partial charge in [-0.3, -0.25) is 14.4 Å². The molecule has 2 aliphatic heterocycles. The van der Waals surface area contributed by atoms with Crippen molar-refractivity contribution in [1.29, 1.82) is 0 Å². The van der Waals surface area contributed by atoms with Crippen LogP contribution in [0.3, 0.4) is 0 Å². The number of carbonyl (C=O) groups excluding carboxylic acids is 3. The van der Waals surface area contributed by atoms with Gasteiger partial charge in [0.2, 0.25) is 0 Å². The topological polar surface area (TPSA) is 104 Å². The van der Waals surface area contributed by atoms with Crippen LogP contribution in [0.2, 0.25) is 0 Å². The van der Waals surface area contributed by atoms with Crippen LogP contribution in [-0.4, -0.2) is 61.6 Å². The number of rotatable bonds is 40. The Morgan fingerprint density at radius 3 is 1.34 bits per heavy atom. The molecule has 0 radical (unpaired) electrons. The van der Waals surface area contributed by atoms with Gasteiger partial charge < -0.3 is 23.7 Å². The molecule has 0 amide bonds. The minimum Gasteiger partial charge on any atom is -0.462 e. The number of ether oxygens (including phenoxy) is 5. The molecule has 0 aromatic rings. The Bertz CT molecular complexity index is 1540. The quantitative estimate of drug-likeness (QED) is 0.0150. The minimum atomic E-state index is -0.929. The van der Waals surface area contributed by atoms with Crippen molar-refractivity contribution in [3.05, 3.63) is 25.3 Å². The van der Waals surface area contributed by atoms with Gasteiger partial charge in [-0.05, 0) is 68.6 Å². The highest BCUT2D eigenvalue weighted by Crippen LogP contribution is 2.28. The van der Waals surface area contributed by atoms with Gasteiger partial charge >= 0.3 is 17.9 Å². The van der Waals surface area contributed by atoms with Crippen LogP contribution in [0, 0.1) is 47.4 Å². The van der Waals surface area contributed by atoms with E-state index in [4.69, 9.17) is 23.7 Å². The van der Waals surface area contributed by atoms with Crippen LogP contribution in [0.25, 0.3) is 0 Å². The molecule has 0 bridgehead atoms. The molecule has 0 spiro atoms. The lowest BCUT2D eigenvalue weighted by Crippen LogP contribution is -2.30. The summed E-state index contributed by atoms with van der Waals surface area (Å²) in [5, 5.41) is 0. The second-order valence-electron chi connectivity index (χ2n) is 17.4. The molecule has 2 fully saturated rings. The molecular weight excluding hydrogens is 801 g/mol. The van der Waals surface area contributed by atoms with E-state index in [2.05, 4.69) is 67.4 Å². The third-order valence-electron chi connectivity index (χ3n) is 11.5. The first-order chi connectivity index (χ1) is 31.5. The summed E-state index contributed by atoms with van der Waals surface area (Å²) in [6, 6.07) is 0.